The standard InChI is InChI=1S/C21H23N5O2/c27-21-12-19(24-18-3-1-2-8-26(18)21)25-9-6-15(7-10-25)13-28-20-11-17(16-4-5-16)22-14-23-20/h1-3,8,11-12,14-16H,4-7,9-10,13H2. The topological polar surface area (TPSA) is 72.6 Å². The van der Waals surface area contributed by atoms with Gasteiger partial charge in [0.05, 0.1) is 12.3 Å². The second-order valence-corrected chi connectivity index (χ2v) is 7.68. The zero-order chi connectivity index (χ0) is 18.9. The Morgan fingerprint density at radius 1 is 1.07 bits per heavy atom. The van der Waals surface area contributed by atoms with E-state index in [0.29, 0.717) is 30.0 Å². The molecule has 7 heteroatoms. The predicted molar refractivity (Wildman–Crippen MR) is 106 cm³/mol. The monoisotopic (exact) mass is 377 g/mol. The molecule has 5 rings (SSSR count). The van der Waals surface area contributed by atoms with Crippen LogP contribution in [0.2, 0.25) is 0 Å². The van der Waals surface area contributed by atoms with E-state index in [-0.39, 0.29) is 5.56 Å². The van der Waals surface area contributed by atoms with Crippen LogP contribution < -0.4 is 15.2 Å². The maximum absolute atomic E-state index is 12.3. The molecule has 0 atom stereocenters. The lowest BCUT2D eigenvalue weighted by Crippen LogP contribution is -2.37. The number of rotatable bonds is 5. The molecule has 2 fully saturated rings. The molecule has 0 bridgehead atoms. The van der Waals surface area contributed by atoms with Crippen LogP contribution in [0.5, 0.6) is 5.88 Å². The molecular formula is C21H23N5O2. The largest absolute Gasteiger partial charge is 0.477 e. The van der Waals surface area contributed by atoms with Crippen LogP contribution >= 0.6 is 0 Å². The van der Waals surface area contributed by atoms with E-state index >= 15 is 0 Å². The Kier molecular flexibility index (Phi) is 4.43. The number of piperidine rings is 1. The third-order valence-corrected chi connectivity index (χ3v) is 5.62. The number of nitrogens with zero attached hydrogens (tertiary/aromatic N) is 5. The third kappa shape index (κ3) is 3.56. The summed E-state index contributed by atoms with van der Waals surface area (Å²) in [7, 11) is 0. The lowest BCUT2D eigenvalue weighted by Gasteiger charge is -2.32. The van der Waals surface area contributed by atoms with Crippen molar-refractivity contribution in [3.8, 4) is 5.88 Å². The third-order valence-electron chi connectivity index (χ3n) is 5.62. The molecule has 0 N–H and O–H groups in total. The molecule has 0 aromatic carbocycles. The van der Waals surface area contributed by atoms with Crippen LogP contribution in [-0.4, -0.2) is 39.0 Å². The van der Waals surface area contributed by atoms with E-state index in [2.05, 4.69) is 19.9 Å². The molecular weight excluding hydrogens is 354 g/mol. The van der Waals surface area contributed by atoms with Crippen LogP contribution in [0.3, 0.4) is 0 Å². The number of ether oxygens (including phenoxy) is 1. The summed E-state index contributed by atoms with van der Waals surface area (Å²) in [6.07, 6.45) is 7.82. The van der Waals surface area contributed by atoms with Crippen molar-refractivity contribution in [1.82, 2.24) is 19.4 Å². The van der Waals surface area contributed by atoms with Gasteiger partial charge in [-0.05, 0) is 43.7 Å². The molecule has 0 radical (unpaired) electrons. The van der Waals surface area contributed by atoms with Crippen LogP contribution in [0.1, 0.15) is 37.3 Å². The van der Waals surface area contributed by atoms with Crippen LogP contribution in [0.4, 0.5) is 5.82 Å². The average Bonchev–Trinajstić information content (AvgIpc) is 3.58. The van der Waals surface area contributed by atoms with Gasteiger partial charge in [0, 0.05) is 37.3 Å². The molecule has 0 unspecified atom stereocenters. The Bertz CT molecular complexity index is 1040. The summed E-state index contributed by atoms with van der Waals surface area (Å²) in [5, 5.41) is 0. The van der Waals surface area contributed by atoms with E-state index < -0.39 is 0 Å². The van der Waals surface area contributed by atoms with Gasteiger partial charge in [-0.3, -0.25) is 9.20 Å². The zero-order valence-corrected chi connectivity index (χ0v) is 15.7. The van der Waals surface area contributed by atoms with Gasteiger partial charge in [0.15, 0.2) is 0 Å². The molecule has 4 heterocycles. The first kappa shape index (κ1) is 17.2. The van der Waals surface area contributed by atoms with Gasteiger partial charge < -0.3 is 9.64 Å². The summed E-state index contributed by atoms with van der Waals surface area (Å²) >= 11 is 0. The molecule has 2 aliphatic rings. The molecule has 1 saturated carbocycles. The van der Waals surface area contributed by atoms with Gasteiger partial charge >= 0.3 is 0 Å². The Labute approximate surface area is 163 Å². The molecule has 1 aliphatic carbocycles. The van der Waals surface area contributed by atoms with Crippen molar-refractivity contribution in [2.24, 2.45) is 5.92 Å². The number of hydrogen-bond acceptors (Lipinski definition) is 6. The zero-order valence-electron chi connectivity index (χ0n) is 15.7. The number of fused-ring (bicyclic) bond motifs is 1. The fraction of sp³-hybridized carbons (Fsp3) is 0.429. The fourth-order valence-electron chi connectivity index (χ4n) is 3.77. The van der Waals surface area contributed by atoms with Gasteiger partial charge in [-0.2, -0.15) is 0 Å². The normalized spacial score (nSPS) is 17.8. The Morgan fingerprint density at radius 3 is 2.75 bits per heavy atom. The minimum absolute atomic E-state index is 0.0405. The van der Waals surface area contributed by atoms with Crippen molar-refractivity contribution in [3.63, 3.8) is 0 Å². The highest BCUT2D eigenvalue weighted by atomic mass is 16.5. The molecule has 3 aromatic rings. The van der Waals surface area contributed by atoms with E-state index in [4.69, 9.17) is 4.74 Å². The molecule has 0 amide bonds. The highest BCUT2D eigenvalue weighted by Gasteiger charge is 2.26. The van der Waals surface area contributed by atoms with Gasteiger partial charge in [0.1, 0.15) is 17.8 Å². The predicted octanol–water partition coefficient (Wildman–Crippen LogP) is 2.66. The van der Waals surface area contributed by atoms with Crippen LogP contribution in [0, 0.1) is 5.92 Å². The second-order valence-electron chi connectivity index (χ2n) is 7.68. The van der Waals surface area contributed by atoms with Crippen molar-refractivity contribution in [3.05, 3.63) is 58.9 Å². The van der Waals surface area contributed by atoms with Crippen molar-refractivity contribution in [2.45, 2.75) is 31.6 Å². The maximum Gasteiger partial charge on any atom is 0.259 e. The minimum atomic E-state index is -0.0405. The summed E-state index contributed by atoms with van der Waals surface area (Å²) in [6.45, 7) is 2.42. The summed E-state index contributed by atoms with van der Waals surface area (Å²) in [4.78, 5) is 27.7. The molecule has 0 spiro atoms. The van der Waals surface area contributed by atoms with Crippen LogP contribution in [0.15, 0.2) is 47.7 Å². The number of aromatic nitrogens is 4. The smallest absolute Gasteiger partial charge is 0.259 e. The first-order valence-electron chi connectivity index (χ1n) is 9.94. The molecule has 7 nitrogen and oxygen atoms in total. The maximum atomic E-state index is 12.3. The minimum Gasteiger partial charge on any atom is -0.477 e. The van der Waals surface area contributed by atoms with E-state index in [0.717, 1.165) is 37.4 Å². The highest BCUT2D eigenvalue weighted by Crippen LogP contribution is 2.39. The Hall–Kier alpha value is -2.96. The van der Waals surface area contributed by atoms with Crippen molar-refractivity contribution >= 4 is 11.5 Å². The first-order valence-corrected chi connectivity index (χ1v) is 9.94. The van der Waals surface area contributed by atoms with Gasteiger partial charge in [-0.25, -0.2) is 15.0 Å². The van der Waals surface area contributed by atoms with Crippen molar-refractivity contribution < 1.29 is 4.74 Å². The summed E-state index contributed by atoms with van der Waals surface area (Å²) in [6, 6.07) is 9.22. The van der Waals surface area contributed by atoms with Crippen molar-refractivity contribution in [1.29, 1.82) is 0 Å². The van der Waals surface area contributed by atoms with Crippen LogP contribution in [-0.2, 0) is 0 Å². The summed E-state index contributed by atoms with van der Waals surface area (Å²) in [5.74, 6) is 2.54. The highest BCUT2D eigenvalue weighted by molar-refractivity contribution is 5.48. The molecule has 1 aliphatic heterocycles. The molecule has 3 aromatic heterocycles. The SMILES string of the molecule is O=c1cc(N2CCC(COc3cc(C4CC4)ncn3)CC2)nc2ccccn12. The second kappa shape index (κ2) is 7.22. The average molecular weight is 377 g/mol. The Balaban J connectivity index is 1.20. The molecule has 144 valence electrons. The Morgan fingerprint density at radius 2 is 1.93 bits per heavy atom. The fourth-order valence-corrected chi connectivity index (χ4v) is 3.77. The summed E-state index contributed by atoms with van der Waals surface area (Å²) < 4.78 is 7.51. The quantitative estimate of drug-likeness (QED) is 0.681. The van der Waals surface area contributed by atoms with Crippen LogP contribution in [0.25, 0.3) is 5.65 Å². The van der Waals surface area contributed by atoms with E-state index in [1.54, 1.807) is 23.0 Å². The lowest BCUT2D eigenvalue weighted by atomic mass is 9.98. The lowest BCUT2D eigenvalue weighted by molar-refractivity contribution is 0.215. The van der Waals surface area contributed by atoms with Crippen molar-refractivity contribution in [2.75, 3.05) is 24.6 Å². The van der Waals surface area contributed by atoms with E-state index in [1.807, 2.05) is 24.3 Å². The van der Waals surface area contributed by atoms with Gasteiger partial charge in [0.2, 0.25) is 5.88 Å². The molecule has 28 heavy (non-hydrogen) atoms. The number of anilines is 1. The molecule has 1 saturated heterocycles. The number of pyridine rings is 1. The first-order chi connectivity index (χ1) is 13.8. The van der Waals surface area contributed by atoms with E-state index in [1.165, 1.54) is 12.8 Å². The van der Waals surface area contributed by atoms with Gasteiger partial charge in [-0.15, -0.1) is 0 Å². The number of hydrogen-bond donors (Lipinski definition) is 0. The van der Waals surface area contributed by atoms with Gasteiger partial charge in [0.25, 0.3) is 5.56 Å². The van der Waals surface area contributed by atoms with Gasteiger partial charge in [-0.1, -0.05) is 6.07 Å². The summed E-state index contributed by atoms with van der Waals surface area (Å²) in [5.41, 5.74) is 1.75. The van der Waals surface area contributed by atoms with E-state index in [9.17, 15) is 4.79 Å².